The molecule has 2 rings (SSSR count). The van der Waals surface area contributed by atoms with Crippen molar-refractivity contribution in [2.24, 2.45) is 0 Å². The largest absolute Gasteiger partial charge is 0.476 e. The maximum Gasteiger partial charge on any atom is 0.358 e. The second kappa shape index (κ2) is 6.05. The van der Waals surface area contributed by atoms with Crippen LogP contribution in [0, 0.1) is 0 Å². The van der Waals surface area contributed by atoms with E-state index < -0.39 is 5.97 Å². The predicted octanol–water partition coefficient (Wildman–Crippen LogP) is 1.15. The SMILES string of the molecule is CN(C)c1ccccc1NCCn1cc(C(=O)O)nn1. The summed E-state index contributed by atoms with van der Waals surface area (Å²) in [6, 6.07) is 7.98. The number of hydrogen-bond donors (Lipinski definition) is 2. The van der Waals surface area contributed by atoms with Crippen LogP contribution in [0.25, 0.3) is 0 Å². The molecule has 7 nitrogen and oxygen atoms in total. The molecule has 0 radical (unpaired) electrons. The number of aromatic carboxylic acids is 1. The predicted molar refractivity (Wildman–Crippen MR) is 76.2 cm³/mol. The number of carbonyl (C=O) groups is 1. The molecular formula is C13H17N5O2. The summed E-state index contributed by atoms with van der Waals surface area (Å²) >= 11 is 0. The lowest BCUT2D eigenvalue weighted by Gasteiger charge is -2.18. The van der Waals surface area contributed by atoms with E-state index in [1.807, 2.05) is 43.3 Å². The zero-order valence-corrected chi connectivity index (χ0v) is 11.4. The summed E-state index contributed by atoms with van der Waals surface area (Å²) in [5, 5.41) is 19.4. The van der Waals surface area contributed by atoms with Crippen molar-refractivity contribution in [3.8, 4) is 0 Å². The third-order valence-corrected chi connectivity index (χ3v) is 2.80. The lowest BCUT2D eigenvalue weighted by Crippen LogP contribution is -2.15. The number of benzene rings is 1. The normalized spacial score (nSPS) is 10.3. The number of anilines is 2. The molecule has 2 N–H and O–H groups in total. The minimum atomic E-state index is -1.07. The molecule has 20 heavy (non-hydrogen) atoms. The van der Waals surface area contributed by atoms with Crippen LogP contribution < -0.4 is 10.2 Å². The Hall–Kier alpha value is -2.57. The highest BCUT2D eigenvalue weighted by Gasteiger charge is 2.08. The standard InChI is InChI=1S/C13H17N5O2/c1-17(2)12-6-4-3-5-10(12)14-7-8-18-9-11(13(19)20)15-16-18/h3-6,9,14H,7-8H2,1-2H3,(H,19,20). The Balaban J connectivity index is 1.94. The lowest BCUT2D eigenvalue weighted by atomic mass is 10.2. The van der Waals surface area contributed by atoms with E-state index in [1.54, 1.807) is 0 Å². The third kappa shape index (κ3) is 3.25. The average Bonchev–Trinajstić information content (AvgIpc) is 2.88. The Morgan fingerprint density at radius 3 is 2.80 bits per heavy atom. The molecular weight excluding hydrogens is 258 g/mol. The fraction of sp³-hybridized carbons (Fsp3) is 0.308. The maximum atomic E-state index is 10.7. The zero-order chi connectivity index (χ0) is 14.5. The van der Waals surface area contributed by atoms with E-state index in [1.165, 1.54) is 10.9 Å². The van der Waals surface area contributed by atoms with E-state index in [2.05, 4.69) is 15.6 Å². The Kier molecular flexibility index (Phi) is 4.19. The molecule has 7 heteroatoms. The van der Waals surface area contributed by atoms with E-state index in [0.717, 1.165) is 11.4 Å². The van der Waals surface area contributed by atoms with Gasteiger partial charge in [-0.05, 0) is 12.1 Å². The van der Waals surface area contributed by atoms with Gasteiger partial charge in [0, 0.05) is 20.6 Å². The van der Waals surface area contributed by atoms with E-state index in [9.17, 15) is 4.79 Å². The van der Waals surface area contributed by atoms with Gasteiger partial charge in [-0.2, -0.15) is 0 Å². The van der Waals surface area contributed by atoms with Crippen molar-refractivity contribution < 1.29 is 9.90 Å². The second-order valence-corrected chi connectivity index (χ2v) is 4.51. The van der Waals surface area contributed by atoms with Gasteiger partial charge < -0.3 is 15.3 Å². The van der Waals surface area contributed by atoms with Crippen LogP contribution >= 0.6 is 0 Å². The van der Waals surface area contributed by atoms with Crippen molar-refractivity contribution in [1.82, 2.24) is 15.0 Å². The Labute approximate surface area is 116 Å². The molecule has 0 spiro atoms. The Morgan fingerprint density at radius 2 is 2.15 bits per heavy atom. The van der Waals surface area contributed by atoms with Gasteiger partial charge in [-0.15, -0.1) is 5.10 Å². The number of nitrogens with one attached hydrogen (secondary N) is 1. The smallest absolute Gasteiger partial charge is 0.358 e. The third-order valence-electron chi connectivity index (χ3n) is 2.80. The number of para-hydroxylation sites is 2. The van der Waals surface area contributed by atoms with Crippen LogP contribution in [-0.2, 0) is 6.54 Å². The summed E-state index contributed by atoms with van der Waals surface area (Å²) < 4.78 is 1.51. The van der Waals surface area contributed by atoms with Crippen molar-refractivity contribution in [2.45, 2.75) is 6.54 Å². The number of carboxylic acid groups (broad SMARTS) is 1. The van der Waals surface area contributed by atoms with Crippen LogP contribution in [0.3, 0.4) is 0 Å². The number of hydrogen-bond acceptors (Lipinski definition) is 5. The molecule has 1 aromatic carbocycles. The molecule has 0 fully saturated rings. The molecule has 0 aliphatic carbocycles. The van der Waals surface area contributed by atoms with Crippen LogP contribution in [0.1, 0.15) is 10.5 Å². The molecule has 0 saturated carbocycles. The minimum Gasteiger partial charge on any atom is -0.476 e. The quantitative estimate of drug-likeness (QED) is 0.823. The van der Waals surface area contributed by atoms with Crippen LogP contribution in [0.2, 0.25) is 0 Å². The van der Waals surface area contributed by atoms with Gasteiger partial charge in [0.2, 0.25) is 0 Å². The molecule has 106 valence electrons. The average molecular weight is 275 g/mol. The fourth-order valence-corrected chi connectivity index (χ4v) is 1.82. The highest BCUT2D eigenvalue weighted by Crippen LogP contribution is 2.22. The van der Waals surface area contributed by atoms with Gasteiger partial charge in [0.05, 0.1) is 24.1 Å². The molecule has 0 saturated heterocycles. The minimum absolute atomic E-state index is 0.0429. The summed E-state index contributed by atoms with van der Waals surface area (Å²) in [5.74, 6) is -1.07. The first-order valence-electron chi connectivity index (χ1n) is 6.21. The summed E-state index contributed by atoms with van der Waals surface area (Å²) in [6.45, 7) is 1.18. The van der Waals surface area contributed by atoms with Crippen LogP contribution in [0.5, 0.6) is 0 Å². The molecule has 0 amide bonds. The van der Waals surface area contributed by atoms with Crippen molar-refractivity contribution in [1.29, 1.82) is 0 Å². The first-order valence-corrected chi connectivity index (χ1v) is 6.21. The van der Waals surface area contributed by atoms with Crippen LogP contribution in [0.15, 0.2) is 30.5 Å². The summed E-state index contributed by atoms with van der Waals surface area (Å²) in [6.07, 6.45) is 1.42. The van der Waals surface area contributed by atoms with Gasteiger partial charge in [-0.1, -0.05) is 17.3 Å². The first-order chi connectivity index (χ1) is 9.58. The molecule has 0 aliphatic rings. The lowest BCUT2D eigenvalue weighted by molar-refractivity contribution is 0.0690. The van der Waals surface area contributed by atoms with Crippen molar-refractivity contribution >= 4 is 17.3 Å². The Bertz CT molecular complexity index is 594. The van der Waals surface area contributed by atoms with E-state index in [-0.39, 0.29) is 5.69 Å². The number of carboxylic acids is 1. The van der Waals surface area contributed by atoms with Gasteiger partial charge >= 0.3 is 5.97 Å². The van der Waals surface area contributed by atoms with E-state index in [4.69, 9.17) is 5.11 Å². The molecule has 1 heterocycles. The van der Waals surface area contributed by atoms with Gasteiger partial charge in [0.1, 0.15) is 0 Å². The molecule has 1 aromatic heterocycles. The fourth-order valence-electron chi connectivity index (χ4n) is 1.82. The molecule has 0 unspecified atom stereocenters. The second-order valence-electron chi connectivity index (χ2n) is 4.51. The zero-order valence-electron chi connectivity index (χ0n) is 11.4. The topological polar surface area (TPSA) is 83.3 Å². The maximum absolute atomic E-state index is 10.7. The monoisotopic (exact) mass is 275 g/mol. The van der Waals surface area contributed by atoms with Gasteiger partial charge in [0.15, 0.2) is 5.69 Å². The Morgan fingerprint density at radius 1 is 1.40 bits per heavy atom. The number of nitrogens with zero attached hydrogens (tertiary/aromatic N) is 4. The summed E-state index contributed by atoms with van der Waals surface area (Å²) in [4.78, 5) is 12.7. The number of rotatable bonds is 6. The summed E-state index contributed by atoms with van der Waals surface area (Å²) in [5.41, 5.74) is 2.08. The van der Waals surface area contributed by atoms with Crippen LogP contribution in [-0.4, -0.2) is 46.7 Å². The van der Waals surface area contributed by atoms with Gasteiger partial charge in [-0.25, -0.2) is 9.48 Å². The van der Waals surface area contributed by atoms with E-state index >= 15 is 0 Å². The van der Waals surface area contributed by atoms with Gasteiger partial charge in [-0.3, -0.25) is 0 Å². The summed E-state index contributed by atoms with van der Waals surface area (Å²) in [7, 11) is 3.97. The van der Waals surface area contributed by atoms with E-state index in [0.29, 0.717) is 13.1 Å². The molecule has 2 aromatic rings. The molecule has 0 atom stereocenters. The highest BCUT2D eigenvalue weighted by atomic mass is 16.4. The van der Waals surface area contributed by atoms with Crippen LogP contribution in [0.4, 0.5) is 11.4 Å². The highest BCUT2D eigenvalue weighted by molar-refractivity contribution is 5.84. The molecule has 0 bridgehead atoms. The van der Waals surface area contributed by atoms with Crippen molar-refractivity contribution in [3.63, 3.8) is 0 Å². The van der Waals surface area contributed by atoms with Crippen molar-refractivity contribution in [2.75, 3.05) is 30.9 Å². The number of aromatic nitrogens is 3. The first kappa shape index (κ1) is 13.9. The van der Waals surface area contributed by atoms with Gasteiger partial charge in [0.25, 0.3) is 0 Å². The van der Waals surface area contributed by atoms with Crippen molar-refractivity contribution in [3.05, 3.63) is 36.2 Å². The molecule has 0 aliphatic heterocycles.